The fraction of sp³-hybridized carbons (Fsp3) is 0.231. The van der Waals surface area contributed by atoms with Crippen LogP contribution in [-0.4, -0.2) is 17.6 Å². The van der Waals surface area contributed by atoms with Crippen molar-refractivity contribution >= 4 is 17.3 Å². The van der Waals surface area contributed by atoms with Crippen molar-refractivity contribution in [3.8, 4) is 16.3 Å². The van der Waals surface area contributed by atoms with E-state index in [2.05, 4.69) is 4.98 Å². The van der Waals surface area contributed by atoms with Crippen LogP contribution < -0.4 is 9.84 Å². The summed E-state index contributed by atoms with van der Waals surface area (Å²) in [5.41, 5.74) is 1.28. The number of hydrogen-bond donors (Lipinski definition) is 0. The van der Waals surface area contributed by atoms with Crippen LogP contribution in [0.2, 0.25) is 0 Å². The molecule has 0 saturated heterocycles. The SMILES string of the molecule is CCOc1ccccc1-c1nc(C)c(C(=O)[O-])s1. The topological polar surface area (TPSA) is 62.2 Å². The maximum atomic E-state index is 10.9. The zero-order valence-corrected chi connectivity index (χ0v) is 10.9. The molecular formula is C13H12NO3S-. The Kier molecular flexibility index (Phi) is 3.62. The van der Waals surface area contributed by atoms with Crippen LogP contribution in [0, 0.1) is 6.92 Å². The third-order valence-corrected chi connectivity index (χ3v) is 3.57. The maximum absolute atomic E-state index is 10.9. The number of carboxylic acids is 1. The molecule has 0 spiro atoms. The Morgan fingerprint density at radius 1 is 1.44 bits per heavy atom. The summed E-state index contributed by atoms with van der Waals surface area (Å²) >= 11 is 1.11. The van der Waals surface area contributed by atoms with Gasteiger partial charge in [-0.05, 0) is 26.0 Å². The van der Waals surface area contributed by atoms with Crippen LogP contribution in [-0.2, 0) is 0 Å². The van der Waals surface area contributed by atoms with Gasteiger partial charge in [0.15, 0.2) is 0 Å². The summed E-state index contributed by atoms with van der Waals surface area (Å²) in [5, 5.41) is 11.5. The first kappa shape index (κ1) is 12.6. The molecule has 1 aromatic carbocycles. The van der Waals surface area contributed by atoms with Gasteiger partial charge in [-0.2, -0.15) is 0 Å². The Morgan fingerprint density at radius 3 is 2.78 bits per heavy atom. The van der Waals surface area contributed by atoms with Gasteiger partial charge < -0.3 is 14.6 Å². The molecule has 5 heteroatoms. The van der Waals surface area contributed by atoms with Crippen molar-refractivity contribution in [2.75, 3.05) is 6.61 Å². The van der Waals surface area contributed by atoms with Crippen molar-refractivity contribution in [3.05, 3.63) is 34.8 Å². The van der Waals surface area contributed by atoms with Crippen molar-refractivity contribution in [2.45, 2.75) is 13.8 Å². The Bertz CT molecular complexity index is 577. The minimum absolute atomic E-state index is 0.163. The molecule has 0 unspecified atom stereocenters. The molecule has 0 aliphatic carbocycles. The Labute approximate surface area is 109 Å². The summed E-state index contributed by atoms with van der Waals surface area (Å²) in [5.74, 6) is -0.483. The summed E-state index contributed by atoms with van der Waals surface area (Å²) in [6, 6.07) is 7.44. The van der Waals surface area contributed by atoms with E-state index >= 15 is 0 Å². The number of ether oxygens (including phenoxy) is 1. The van der Waals surface area contributed by atoms with Crippen molar-refractivity contribution in [1.29, 1.82) is 0 Å². The highest BCUT2D eigenvalue weighted by Gasteiger charge is 2.13. The molecule has 0 fully saturated rings. The number of carbonyl (C=O) groups is 1. The molecule has 1 aromatic heterocycles. The highest BCUT2D eigenvalue weighted by molar-refractivity contribution is 7.17. The van der Waals surface area contributed by atoms with E-state index in [4.69, 9.17) is 4.74 Å². The van der Waals surface area contributed by atoms with E-state index in [0.29, 0.717) is 23.1 Å². The summed E-state index contributed by atoms with van der Waals surface area (Å²) in [7, 11) is 0. The van der Waals surface area contributed by atoms with Gasteiger partial charge in [0.05, 0.1) is 28.7 Å². The second-order valence-corrected chi connectivity index (χ2v) is 4.65. The Hall–Kier alpha value is -1.88. The number of thiazole rings is 1. The lowest BCUT2D eigenvalue weighted by atomic mass is 10.2. The molecule has 0 atom stereocenters. The number of aryl methyl sites for hydroxylation is 1. The number of aromatic nitrogens is 1. The molecule has 94 valence electrons. The lowest BCUT2D eigenvalue weighted by Crippen LogP contribution is -2.21. The molecule has 0 bridgehead atoms. The van der Waals surface area contributed by atoms with Gasteiger partial charge in [0.1, 0.15) is 10.8 Å². The monoisotopic (exact) mass is 262 g/mol. The second-order valence-electron chi connectivity index (χ2n) is 3.65. The molecule has 1 heterocycles. The third kappa shape index (κ3) is 2.36. The molecule has 4 nitrogen and oxygen atoms in total. The van der Waals surface area contributed by atoms with Crippen LogP contribution in [0.3, 0.4) is 0 Å². The average Bonchev–Trinajstić information content (AvgIpc) is 2.72. The first-order chi connectivity index (χ1) is 8.63. The van der Waals surface area contributed by atoms with Crippen molar-refractivity contribution in [3.63, 3.8) is 0 Å². The fourth-order valence-electron chi connectivity index (χ4n) is 1.63. The lowest BCUT2D eigenvalue weighted by Gasteiger charge is -2.07. The van der Waals surface area contributed by atoms with Crippen LogP contribution >= 0.6 is 11.3 Å². The average molecular weight is 262 g/mol. The number of rotatable bonds is 4. The van der Waals surface area contributed by atoms with Gasteiger partial charge in [-0.25, -0.2) is 4.98 Å². The van der Waals surface area contributed by atoms with Crippen LogP contribution in [0.25, 0.3) is 10.6 Å². The van der Waals surface area contributed by atoms with E-state index in [-0.39, 0.29) is 4.88 Å². The molecule has 0 amide bonds. The van der Waals surface area contributed by atoms with Crippen LogP contribution in [0.4, 0.5) is 0 Å². The van der Waals surface area contributed by atoms with E-state index in [1.165, 1.54) is 0 Å². The number of carboxylic acid groups (broad SMARTS) is 1. The fourth-order valence-corrected chi connectivity index (χ4v) is 2.56. The van der Waals surface area contributed by atoms with E-state index in [1.54, 1.807) is 6.92 Å². The van der Waals surface area contributed by atoms with Crippen LogP contribution in [0.5, 0.6) is 5.75 Å². The number of hydrogen-bond acceptors (Lipinski definition) is 5. The van der Waals surface area contributed by atoms with Gasteiger partial charge in [-0.15, -0.1) is 11.3 Å². The summed E-state index contributed by atoms with van der Waals surface area (Å²) in [6.07, 6.45) is 0. The minimum atomic E-state index is -1.19. The second kappa shape index (κ2) is 5.18. The highest BCUT2D eigenvalue weighted by Crippen LogP contribution is 2.34. The highest BCUT2D eigenvalue weighted by atomic mass is 32.1. The third-order valence-electron chi connectivity index (χ3n) is 2.40. The number of para-hydroxylation sites is 1. The van der Waals surface area contributed by atoms with E-state index in [9.17, 15) is 9.90 Å². The number of nitrogens with zero attached hydrogens (tertiary/aromatic N) is 1. The molecule has 2 rings (SSSR count). The molecule has 0 aliphatic rings. The van der Waals surface area contributed by atoms with Gasteiger partial charge in [0, 0.05) is 0 Å². The maximum Gasteiger partial charge on any atom is 0.129 e. The lowest BCUT2D eigenvalue weighted by molar-refractivity contribution is -0.254. The van der Waals surface area contributed by atoms with Crippen molar-refractivity contribution in [1.82, 2.24) is 4.98 Å². The Balaban J connectivity index is 2.48. The predicted octanol–water partition coefficient (Wildman–Crippen LogP) is 1.88. The van der Waals surface area contributed by atoms with Crippen molar-refractivity contribution in [2.24, 2.45) is 0 Å². The first-order valence-corrected chi connectivity index (χ1v) is 6.36. The van der Waals surface area contributed by atoms with E-state index in [1.807, 2.05) is 31.2 Å². The van der Waals surface area contributed by atoms with Crippen LogP contribution in [0.1, 0.15) is 22.3 Å². The van der Waals surface area contributed by atoms with Gasteiger partial charge in [0.25, 0.3) is 0 Å². The standard InChI is InChI=1S/C13H13NO3S/c1-3-17-10-7-5-4-6-9(10)12-14-8(2)11(18-12)13(15)16/h4-7H,3H2,1-2H3,(H,15,16)/p-1. The van der Waals surface area contributed by atoms with Gasteiger partial charge >= 0.3 is 0 Å². The minimum Gasteiger partial charge on any atom is -0.544 e. The summed E-state index contributed by atoms with van der Waals surface area (Å²) in [6.45, 7) is 4.11. The predicted molar refractivity (Wildman–Crippen MR) is 67.8 cm³/mol. The zero-order valence-electron chi connectivity index (χ0n) is 10.1. The number of carbonyl (C=O) groups excluding carboxylic acids is 1. The van der Waals surface area contributed by atoms with Gasteiger partial charge in [-0.3, -0.25) is 0 Å². The molecule has 2 aromatic rings. The number of benzene rings is 1. The number of aromatic carboxylic acids is 1. The quantitative estimate of drug-likeness (QED) is 0.844. The normalized spacial score (nSPS) is 10.3. The van der Waals surface area contributed by atoms with E-state index < -0.39 is 5.97 Å². The zero-order chi connectivity index (χ0) is 13.1. The Morgan fingerprint density at radius 2 is 2.17 bits per heavy atom. The van der Waals surface area contributed by atoms with Crippen LogP contribution in [0.15, 0.2) is 24.3 Å². The molecule has 0 saturated carbocycles. The first-order valence-electron chi connectivity index (χ1n) is 5.54. The summed E-state index contributed by atoms with van der Waals surface area (Å²) < 4.78 is 5.50. The van der Waals surface area contributed by atoms with Gasteiger partial charge in [0.2, 0.25) is 0 Å². The van der Waals surface area contributed by atoms with Gasteiger partial charge in [-0.1, -0.05) is 12.1 Å². The molecule has 0 N–H and O–H groups in total. The van der Waals surface area contributed by atoms with Crippen molar-refractivity contribution < 1.29 is 14.6 Å². The molecule has 18 heavy (non-hydrogen) atoms. The summed E-state index contributed by atoms with van der Waals surface area (Å²) in [4.78, 5) is 15.3. The molecular weight excluding hydrogens is 250 g/mol. The smallest absolute Gasteiger partial charge is 0.129 e. The largest absolute Gasteiger partial charge is 0.544 e. The molecule has 0 radical (unpaired) electrons. The van der Waals surface area contributed by atoms with E-state index in [0.717, 1.165) is 16.9 Å². The molecule has 0 aliphatic heterocycles.